The third kappa shape index (κ3) is 3.84. The number of carbonyl (C=O) groups is 2. The number of benzene rings is 2. The fourth-order valence-corrected chi connectivity index (χ4v) is 8.14. The van der Waals surface area contributed by atoms with Crippen LogP contribution in [0.4, 0.5) is 10.2 Å². The molecule has 4 aromatic rings. The first kappa shape index (κ1) is 27.0. The lowest BCUT2D eigenvalue weighted by Crippen LogP contribution is -2.53. The van der Waals surface area contributed by atoms with Gasteiger partial charge in [0, 0.05) is 36.5 Å². The molecule has 4 aliphatic rings. The van der Waals surface area contributed by atoms with Gasteiger partial charge in [-0.05, 0) is 74.1 Å². The molecule has 43 heavy (non-hydrogen) atoms. The highest BCUT2D eigenvalue weighted by Crippen LogP contribution is 2.64. The van der Waals surface area contributed by atoms with Crippen LogP contribution in [0.15, 0.2) is 48.5 Å². The summed E-state index contributed by atoms with van der Waals surface area (Å²) >= 11 is 12.7. The maximum atomic E-state index is 16.2. The summed E-state index contributed by atoms with van der Waals surface area (Å²) in [7, 11) is 0. The minimum absolute atomic E-state index is 0.00101. The molecule has 0 radical (unpaired) electrons. The number of nitrogens with one attached hydrogen (secondary N) is 1. The van der Waals surface area contributed by atoms with Crippen LogP contribution in [0.3, 0.4) is 0 Å². The third-order valence-corrected chi connectivity index (χ3v) is 10.1. The number of aryl methyl sites for hydroxylation is 1. The highest BCUT2D eigenvalue weighted by atomic mass is 35.5. The fourth-order valence-electron chi connectivity index (χ4n) is 7.81. The molecule has 0 unspecified atom stereocenters. The Morgan fingerprint density at radius 1 is 1.14 bits per heavy atom. The normalized spacial score (nSPS) is 26.0. The summed E-state index contributed by atoms with van der Waals surface area (Å²) in [6, 6.07) is 13.8. The quantitative estimate of drug-likeness (QED) is 0.209. The third-order valence-electron chi connectivity index (χ3n) is 9.63. The number of imidazole rings is 1. The van der Waals surface area contributed by atoms with Gasteiger partial charge in [0.25, 0.3) is 5.91 Å². The number of hydrogen-bond acceptors (Lipinski definition) is 6. The van der Waals surface area contributed by atoms with E-state index in [9.17, 15) is 9.59 Å². The molecule has 1 saturated heterocycles. The average molecular weight is 621 g/mol. The van der Waals surface area contributed by atoms with Crippen LogP contribution in [0.2, 0.25) is 10.2 Å². The van der Waals surface area contributed by atoms with Crippen molar-refractivity contribution in [3.05, 3.63) is 87.0 Å². The number of pyridine rings is 1. The van der Waals surface area contributed by atoms with Crippen LogP contribution in [0, 0.1) is 11.7 Å². The second kappa shape index (κ2) is 9.74. The zero-order valence-corrected chi connectivity index (χ0v) is 24.8. The van der Waals surface area contributed by atoms with Crippen molar-refractivity contribution < 1.29 is 18.7 Å². The molecule has 2 fully saturated rings. The Morgan fingerprint density at radius 2 is 1.98 bits per heavy atom. The van der Waals surface area contributed by atoms with E-state index in [1.807, 2.05) is 12.1 Å². The topological polar surface area (TPSA) is 89.3 Å². The summed E-state index contributed by atoms with van der Waals surface area (Å²) in [5, 5.41) is 3.28. The minimum atomic E-state index is -1.25. The molecule has 0 bridgehead atoms. The van der Waals surface area contributed by atoms with Crippen LogP contribution in [-0.4, -0.2) is 50.5 Å². The van der Waals surface area contributed by atoms with Crippen molar-refractivity contribution in [1.82, 2.24) is 19.4 Å². The lowest BCUT2D eigenvalue weighted by atomic mass is 9.70. The molecule has 1 spiro atoms. The van der Waals surface area contributed by atoms with E-state index in [0.717, 1.165) is 30.6 Å². The number of amides is 1. The van der Waals surface area contributed by atoms with Gasteiger partial charge in [-0.2, -0.15) is 0 Å². The van der Waals surface area contributed by atoms with E-state index >= 15 is 4.39 Å². The largest absolute Gasteiger partial charge is 0.462 e. The van der Waals surface area contributed by atoms with Crippen LogP contribution < -0.4 is 5.32 Å². The first-order valence-corrected chi connectivity index (χ1v) is 15.4. The highest BCUT2D eigenvalue weighted by Gasteiger charge is 2.69. The SMILES string of the molecule is CCOC(=O)c1ccc2c(c1)nc1n2CC[C@H]2[C@@H]1[C@H](c1cccc(Cl)c1F)[C@]1(C(=O)Nc3nc(Cl)ccc31)N2CC1CC1. The van der Waals surface area contributed by atoms with E-state index in [1.54, 1.807) is 37.3 Å². The van der Waals surface area contributed by atoms with Gasteiger partial charge in [-0.25, -0.2) is 19.2 Å². The van der Waals surface area contributed by atoms with Crippen LogP contribution >= 0.6 is 23.2 Å². The van der Waals surface area contributed by atoms with E-state index in [0.29, 0.717) is 47.0 Å². The number of carbonyl (C=O) groups excluding carboxylic acids is 2. The molecule has 2 aromatic carbocycles. The Bertz CT molecular complexity index is 1840. The van der Waals surface area contributed by atoms with Crippen molar-refractivity contribution in [2.24, 2.45) is 5.92 Å². The summed E-state index contributed by atoms with van der Waals surface area (Å²) in [5.41, 5.74) is 1.76. The molecular weight excluding hydrogens is 592 g/mol. The van der Waals surface area contributed by atoms with Crippen molar-refractivity contribution in [2.75, 3.05) is 18.5 Å². The number of nitrogens with zero attached hydrogens (tertiary/aromatic N) is 4. The number of likely N-dealkylation sites (tertiary alicyclic amines) is 1. The van der Waals surface area contributed by atoms with Gasteiger partial charge in [-0.3, -0.25) is 9.69 Å². The monoisotopic (exact) mass is 619 g/mol. The van der Waals surface area contributed by atoms with E-state index in [4.69, 9.17) is 32.9 Å². The van der Waals surface area contributed by atoms with Gasteiger partial charge in [0.2, 0.25) is 0 Å². The molecule has 1 aliphatic carbocycles. The summed E-state index contributed by atoms with van der Waals surface area (Å²) < 4.78 is 23.6. The van der Waals surface area contributed by atoms with Crippen LogP contribution in [0.5, 0.6) is 0 Å². The molecule has 11 heteroatoms. The minimum Gasteiger partial charge on any atom is -0.462 e. The van der Waals surface area contributed by atoms with Crippen molar-refractivity contribution >= 4 is 51.9 Å². The number of halogens is 3. The average Bonchev–Trinajstić information content (AvgIpc) is 3.58. The van der Waals surface area contributed by atoms with Gasteiger partial charge >= 0.3 is 5.97 Å². The first-order valence-electron chi connectivity index (χ1n) is 14.7. The molecule has 1 amide bonds. The van der Waals surface area contributed by atoms with Crippen LogP contribution in [0.25, 0.3) is 11.0 Å². The number of anilines is 1. The van der Waals surface area contributed by atoms with Crippen molar-refractivity contribution in [3.63, 3.8) is 0 Å². The van der Waals surface area contributed by atoms with Gasteiger partial charge in [-0.15, -0.1) is 0 Å². The fraction of sp³-hybridized carbons (Fsp3) is 0.375. The zero-order valence-electron chi connectivity index (χ0n) is 23.3. The molecule has 3 aliphatic heterocycles. The Morgan fingerprint density at radius 3 is 2.77 bits per heavy atom. The second-order valence-corrected chi connectivity index (χ2v) is 12.7. The summed E-state index contributed by atoms with van der Waals surface area (Å²) in [4.78, 5) is 38.9. The molecule has 2 aromatic heterocycles. The molecule has 1 saturated carbocycles. The van der Waals surface area contributed by atoms with Gasteiger partial charge in [0.1, 0.15) is 28.2 Å². The van der Waals surface area contributed by atoms with Crippen molar-refractivity contribution in [2.45, 2.75) is 56.1 Å². The van der Waals surface area contributed by atoms with E-state index in [-0.39, 0.29) is 34.6 Å². The van der Waals surface area contributed by atoms with E-state index < -0.39 is 23.2 Å². The smallest absolute Gasteiger partial charge is 0.338 e. The maximum Gasteiger partial charge on any atom is 0.338 e. The highest BCUT2D eigenvalue weighted by molar-refractivity contribution is 6.31. The van der Waals surface area contributed by atoms with Crippen LogP contribution in [-0.2, 0) is 21.6 Å². The van der Waals surface area contributed by atoms with E-state index in [2.05, 4.69) is 19.8 Å². The lowest BCUT2D eigenvalue weighted by Gasteiger charge is -2.39. The Labute approximate surface area is 257 Å². The standard InChI is InChI=1S/C32H28Cl2FN5O3/c1-2-43-30(41)17-8-10-22-21(14-17)36-29-25-23(12-13-39(22)29)40(15-16-6-7-16)32(26(25)18-4-3-5-20(33)27(18)35)19-9-11-24(34)37-28(19)38-31(32)42/h3-5,8-11,14,16,23,25-26H,2,6-7,12-13,15H2,1H3,(H,37,38,42)/t23-,25+,26-,32+/m0/s1. The molecule has 8 rings (SSSR count). The molecular formula is C32H28Cl2FN5O3. The van der Waals surface area contributed by atoms with Gasteiger partial charge in [-0.1, -0.05) is 35.3 Å². The van der Waals surface area contributed by atoms with Gasteiger partial charge in [0.05, 0.1) is 28.2 Å². The lowest BCUT2D eigenvalue weighted by molar-refractivity contribution is -0.128. The maximum absolute atomic E-state index is 16.2. The Balaban J connectivity index is 1.39. The van der Waals surface area contributed by atoms with Gasteiger partial charge < -0.3 is 14.6 Å². The predicted molar refractivity (Wildman–Crippen MR) is 160 cm³/mol. The summed E-state index contributed by atoms with van der Waals surface area (Å²) in [5.74, 6) is -0.607. The molecule has 4 atom stereocenters. The summed E-state index contributed by atoms with van der Waals surface area (Å²) in [6.07, 6.45) is 2.91. The number of hydrogen-bond donors (Lipinski definition) is 1. The number of aromatic nitrogens is 3. The van der Waals surface area contributed by atoms with Gasteiger partial charge in [0.15, 0.2) is 0 Å². The Hall–Kier alpha value is -3.53. The van der Waals surface area contributed by atoms with Crippen LogP contribution in [0.1, 0.15) is 65.3 Å². The van der Waals surface area contributed by atoms with Crippen molar-refractivity contribution in [3.8, 4) is 0 Å². The number of rotatable bonds is 5. The van der Waals surface area contributed by atoms with E-state index in [1.165, 1.54) is 6.07 Å². The van der Waals surface area contributed by atoms with Crippen molar-refractivity contribution in [1.29, 1.82) is 0 Å². The number of fused-ring (bicyclic) bond motifs is 7. The first-order chi connectivity index (χ1) is 20.8. The molecule has 1 N–H and O–H groups in total. The molecule has 220 valence electrons. The molecule has 5 heterocycles. The molecule has 8 nitrogen and oxygen atoms in total. The zero-order chi connectivity index (χ0) is 29.6. The Kier molecular flexibility index (Phi) is 6.13. The number of ether oxygens (including phenoxy) is 1. The second-order valence-electron chi connectivity index (χ2n) is 11.9. The summed E-state index contributed by atoms with van der Waals surface area (Å²) in [6.45, 7) is 3.41. The predicted octanol–water partition coefficient (Wildman–Crippen LogP) is 6.27. The number of esters is 1.